The molecule has 1 aliphatic rings. The molecule has 29 heavy (non-hydrogen) atoms. The molecule has 1 aliphatic heterocycles. The van der Waals surface area contributed by atoms with Gasteiger partial charge in [0.15, 0.2) is 0 Å². The van der Waals surface area contributed by atoms with Crippen LogP contribution in [0.15, 0.2) is 30.3 Å². The van der Waals surface area contributed by atoms with Crippen molar-refractivity contribution in [2.45, 2.75) is 40.0 Å². The summed E-state index contributed by atoms with van der Waals surface area (Å²) in [6.07, 6.45) is 0.861. The third-order valence-electron chi connectivity index (χ3n) is 5.59. The molecule has 2 heterocycles. The minimum absolute atomic E-state index is 0.106. The van der Waals surface area contributed by atoms with E-state index in [4.69, 9.17) is 4.74 Å². The number of benzene rings is 1. The number of piperazine rings is 1. The molecule has 0 spiro atoms. The van der Waals surface area contributed by atoms with Crippen molar-refractivity contribution >= 4 is 17.4 Å². The van der Waals surface area contributed by atoms with E-state index in [1.54, 1.807) is 7.11 Å². The molecule has 2 amide bonds. The lowest BCUT2D eigenvalue weighted by Gasteiger charge is -2.36. The predicted molar refractivity (Wildman–Crippen MR) is 118 cm³/mol. The number of methoxy groups -OCH3 is 1. The number of amides is 2. The highest BCUT2D eigenvalue weighted by molar-refractivity contribution is 5.91. The van der Waals surface area contributed by atoms with Gasteiger partial charge in [-0.25, -0.2) is 9.78 Å². The molecule has 2 aromatic rings. The molecule has 0 aliphatic carbocycles. The molecule has 0 bridgehead atoms. The van der Waals surface area contributed by atoms with Crippen LogP contribution in [-0.2, 0) is 6.42 Å². The van der Waals surface area contributed by atoms with Gasteiger partial charge in [-0.05, 0) is 48.6 Å². The van der Waals surface area contributed by atoms with E-state index >= 15 is 0 Å². The third kappa shape index (κ3) is 4.81. The van der Waals surface area contributed by atoms with Crippen LogP contribution in [0.2, 0.25) is 0 Å². The molecular formula is C23H32N4O2. The highest BCUT2D eigenvalue weighted by atomic mass is 16.5. The van der Waals surface area contributed by atoms with Crippen molar-refractivity contribution in [3.8, 4) is 5.88 Å². The second-order valence-corrected chi connectivity index (χ2v) is 7.79. The maximum absolute atomic E-state index is 12.8. The van der Waals surface area contributed by atoms with E-state index in [0.717, 1.165) is 30.8 Å². The first-order valence-electron chi connectivity index (χ1n) is 10.4. The lowest BCUT2D eigenvalue weighted by molar-refractivity contribution is 0.208. The number of anilines is 2. The van der Waals surface area contributed by atoms with E-state index in [0.29, 0.717) is 30.6 Å². The molecule has 156 valence electrons. The van der Waals surface area contributed by atoms with Crippen LogP contribution in [0.4, 0.5) is 16.2 Å². The van der Waals surface area contributed by atoms with Crippen LogP contribution in [0, 0.1) is 6.92 Å². The van der Waals surface area contributed by atoms with Crippen LogP contribution >= 0.6 is 0 Å². The molecule has 0 radical (unpaired) electrons. The molecule has 6 nitrogen and oxygen atoms in total. The summed E-state index contributed by atoms with van der Waals surface area (Å²) in [5.41, 5.74) is 5.23. The van der Waals surface area contributed by atoms with Gasteiger partial charge in [-0.1, -0.05) is 32.9 Å². The van der Waals surface area contributed by atoms with E-state index in [-0.39, 0.29) is 6.03 Å². The monoisotopic (exact) mass is 396 g/mol. The molecule has 0 atom stereocenters. The van der Waals surface area contributed by atoms with Crippen molar-refractivity contribution < 1.29 is 9.53 Å². The second-order valence-electron chi connectivity index (χ2n) is 7.79. The average Bonchev–Trinajstić information content (AvgIpc) is 2.74. The molecular weight excluding hydrogens is 364 g/mol. The van der Waals surface area contributed by atoms with Gasteiger partial charge >= 0.3 is 6.03 Å². The Morgan fingerprint density at radius 3 is 2.38 bits per heavy atom. The summed E-state index contributed by atoms with van der Waals surface area (Å²) in [5.74, 6) is 0.989. The number of nitrogens with one attached hydrogen (secondary N) is 1. The third-order valence-corrected chi connectivity index (χ3v) is 5.59. The number of ether oxygens (including phenoxy) is 1. The Balaban J connectivity index is 1.62. The highest BCUT2D eigenvalue weighted by Gasteiger charge is 2.23. The predicted octanol–water partition coefficient (Wildman–Crippen LogP) is 4.44. The van der Waals surface area contributed by atoms with Crippen LogP contribution < -0.4 is 15.0 Å². The summed E-state index contributed by atoms with van der Waals surface area (Å²) in [4.78, 5) is 21.4. The number of hydrogen-bond acceptors (Lipinski definition) is 4. The van der Waals surface area contributed by atoms with Crippen LogP contribution in [0.25, 0.3) is 0 Å². The Hall–Kier alpha value is -2.76. The Morgan fingerprint density at radius 2 is 1.83 bits per heavy atom. The fourth-order valence-corrected chi connectivity index (χ4v) is 3.66. The van der Waals surface area contributed by atoms with Gasteiger partial charge in [0.2, 0.25) is 5.88 Å². The summed E-state index contributed by atoms with van der Waals surface area (Å²) in [7, 11) is 1.58. The number of carbonyl (C=O) groups is 1. The SMILES string of the molecule is CCc1cc(NC(=O)N2CCN(c3ccc(C(C)C)cc3)CC2)c(OC)nc1C. The maximum atomic E-state index is 12.8. The lowest BCUT2D eigenvalue weighted by Crippen LogP contribution is -2.50. The van der Waals surface area contributed by atoms with Gasteiger partial charge in [0.05, 0.1) is 7.11 Å². The first kappa shape index (κ1) is 21.0. The number of rotatable bonds is 5. The van der Waals surface area contributed by atoms with Crippen LogP contribution in [-0.4, -0.2) is 49.2 Å². The van der Waals surface area contributed by atoms with Crippen molar-refractivity contribution in [2.24, 2.45) is 0 Å². The van der Waals surface area contributed by atoms with E-state index in [1.165, 1.54) is 11.3 Å². The summed E-state index contributed by atoms with van der Waals surface area (Å²) in [6, 6.07) is 10.6. The minimum atomic E-state index is -0.106. The number of urea groups is 1. The van der Waals surface area contributed by atoms with Crippen LogP contribution in [0.3, 0.4) is 0 Å². The normalized spacial score (nSPS) is 14.3. The van der Waals surface area contributed by atoms with E-state index < -0.39 is 0 Å². The molecule has 0 unspecified atom stereocenters. The highest BCUT2D eigenvalue weighted by Crippen LogP contribution is 2.26. The molecule has 1 saturated heterocycles. The van der Waals surface area contributed by atoms with Gasteiger partial charge in [0.25, 0.3) is 0 Å². The van der Waals surface area contributed by atoms with Crippen molar-refractivity contribution in [3.05, 3.63) is 47.2 Å². The van der Waals surface area contributed by atoms with Crippen molar-refractivity contribution in [2.75, 3.05) is 43.5 Å². The minimum Gasteiger partial charge on any atom is -0.480 e. The van der Waals surface area contributed by atoms with E-state index in [2.05, 4.69) is 60.2 Å². The average molecular weight is 397 g/mol. The first-order valence-corrected chi connectivity index (χ1v) is 10.4. The van der Waals surface area contributed by atoms with Crippen molar-refractivity contribution in [1.29, 1.82) is 0 Å². The topological polar surface area (TPSA) is 57.7 Å². The van der Waals surface area contributed by atoms with Crippen molar-refractivity contribution in [3.63, 3.8) is 0 Å². The number of aromatic nitrogens is 1. The summed E-state index contributed by atoms with van der Waals surface area (Å²) < 4.78 is 5.36. The Bertz CT molecular complexity index is 841. The van der Waals surface area contributed by atoms with Gasteiger partial charge in [-0.3, -0.25) is 0 Å². The zero-order valence-electron chi connectivity index (χ0n) is 18.2. The van der Waals surface area contributed by atoms with Gasteiger partial charge in [0.1, 0.15) is 5.69 Å². The first-order chi connectivity index (χ1) is 13.9. The molecule has 1 fully saturated rings. The van der Waals surface area contributed by atoms with Gasteiger partial charge < -0.3 is 19.9 Å². The molecule has 1 N–H and O–H groups in total. The standard InChI is InChI=1S/C23H32N4O2/c1-6-18-15-21(22(29-5)24-17(18)4)25-23(28)27-13-11-26(12-14-27)20-9-7-19(8-10-20)16(2)3/h7-10,15-16H,6,11-14H2,1-5H3,(H,25,28). The van der Waals surface area contributed by atoms with Gasteiger partial charge in [-0.15, -0.1) is 0 Å². The maximum Gasteiger partial charge on any atom is 0.322 e. The fourth-order valence-electron chi connectivity index (χ4n) is 3.66. The Labute approximate surface area is 173 Å². The largest absolute Gasteiger partial charge is 0.480 e. The van der Waals surface area contributed by atoms with E-state index in [9.17, 15) is 4.79 Å². The van der Waals surface area contributed by atoms with Gasteiger partial charge in [-0.2, -0.15) is 0 Å². The van der Waals surface area contributed by atoms with Gasteiger partial charge in [0, 0.05) is 37.6 Å². The lowest BCUT2D eigenvalue weighted by atomic mass is 10.0. The zero-order valence-corrected chi connectivity index (χ0v) is 18.2. The molecule has 1 aromatic heterocycles. The Kier molecular flexibility index (Phi) is 6.62. The smallest absolute Gasteiger partial charge is 0.322 e. The van der Waals surface area contributed by atoms with E-state index in [1.807, 2.05) is 17.9 Å². The Morgan fingerprint density at radius 1 is 1.17 bits per heavy atom. The fraction of sp³-hybridized carbons (Fsp3) is 0.478. The number of carbonyl (C=O) groups excluding carboxylic acids is 1. The molecule has 6 heteroatoms. The van der Waals surface area contributed by atoms with Crippen LogP contribution in [0.5, 0.6) is 5.88 Å². The van der Waals surface area contributed by atoms with Crippen molar-refractivity contribution in [1.82, 2.24) is 9.88 Å². The molecule has 3 rings (SSSR count). The number of hydrogen-bond donors (Lipinski definition) is 1. The quantitative estimate of drug-likeness (QED) is 0.812. The summed E-state index contributed by atoms with van der Waals surface area (Å²) in [6.45, 7) is 11.4. The molecule has 0 saturated carbocycles. The van der Waals surface area contributed by atoms with Crippen LogP contribution in [0.1, 0.15) is 43.5 Å². The number of aryl methyl sites for hydroxylation is 2. The zero-order chi connectivity index (χ0) is 21.0. The summed E-state index contributed by atoms with van der Waals surface area (Å²) >= 11 is 0. The number of nitrogens with zero attached hydrogens (tertiary/aromatic N) is 3. The summed E-state index contributed by atoms with van der Waals surface area (Å²) in [5, 5.41) is 2.99. The number of pyridine rings is 1. The molecule has 1 aromatic carbocycles. The second kappa shape index (κ2) is 9.16.